The van der Waals surface area contributed by atoms with Gasteiger partial charge < -0.3 is 14.8 Å². The van der Waals surface area contributed by atoms with Crippen LogP contribution in [0.2, 0.25) is 0 Å². The molecule has 0 aliphatic rings. The van der Waals surface area contributed by atoms with Gasteiger partial charge in [0.05, 0.1) is 24.6 Å². The van der Waals surface area contributed by atoms with Crippen molar-refractivity contribution in [2.75, 3.05) is 19.8 Å². The van der Waals surface area contributed by atoms with Crippen molar-refractivity contribution in [1.82, 2.24) is 15.1 Å². The van der Waals surface area contributed by atoms with E-state index in [9.17, 15) is 4.79 Å². The first kappa shape index (κ1) is 17.7. The summed E-state index contributed by atoms with van der Waals surface area (Å²) in [5.74, 6) is -0.312. The average Bonchev–Trinajstić information content (AvgIpc) is 2.79. The van der Waals surface area contributed by atoms with Crippen molar-refractivity contribution in [1.29, 1.82) is 0 Å². The lowest BCUT2D eigenvalue weighted by Crippen LogP contribution is -2.20. The largest absolute Gasteiger partial charge is 0.462 e. The summed E-state index contributed by atoms with van der Waals surface area (Å²) in [5.41, 5.74) is 1.39. The van der Waals surface area contributed by atoms with Crippen LogP contribution in [-0.2, 0) is 23.1 Å². The zero-order valence-corrected chi connectivity index (χ0v) is 13.5. The predicted octanol–water partition coefficient (Wildman–Crippen LogP) is 1.89. The molecule has 1 heterocycles. The van der Waals surface area contributed by atoms with Crippen molar-refractivity contribution in [2.45, 2.75) is 46.3 Å². The van der Waals surface area contributed by atoms with Crippen molar-refractivity contribution in [3.63, 3.8) is 0 Å². The number of nitrogens with zero attached hydrogens (tertiary/aromatic N) is 2. The zero-order valence-electron chi connectivity index (χ0n) is 13.5. The minimum atomic E-state index is -0.312. The maximum absolute atomic E-state index is 11.8. The quantitative estimate of drug-likeness (QED) is 0.528. The fourth-order valence-corrected chi connectivity index (χ4v) is 1.93. The lowest BCUT2D eigenvalue weighted by Gasteiger charge is -2.09. The predicted molar refractivity (Wildman–Crippen MR) is 81.2 cm³/mol. The molecule has 1 N–H and O–H groups in total. The third kappa shape index (κ3) is 6.27. The first-order valence-corrected chi connectivity index (χ1v) is 7.56. The van der Waals surface area contributed by atoms with Crippen molar-refractivity contribution in [3.05, 3.63) is 17.5 Å². The van der Waals surface area contributed by atoms with Crippen LogP contribution >= 0.6 is 0 Å². The summed E-state index contributed by atoms with van der Waals surface area (Å²) in [6, 6.07) is 0. The zero-order chi connectivity index (χ0) is 15.7. The van der Waals surface area contributed by atoms with Gasteiger partial charge in [-0.2, -0.15) is 5.10 Å². The Balaban J connectivity index is 2.32. The Hall–Kier alpha value is -1.40. The maximum Gasteiger partial charge on any atom is 0.341 e. The monoisotopic (exact) mass is 297 g/mol. The van der Waals surface area contributed by atoms with Gasteiger partial charge in [-0.3, -0.25) is 4.68 Å². The second-order valence-corrected chi connectivity index (χ2v) is 5.15. The summed E-state index contributed by atoms with van der Waals surface area (Å²) in [6.45, 7) is 8.53. The Bertz CT molecular complexity index is 430. The minimum absolute atomic E-state index is 0.291. The van der Waals surface area contributed by atoms with Gasteiger partial charge in [-0.1, -0.05) is 0 Å². The minimum Gasteiger partial charge on any atom is -0.462 e. The molecule has 1 aromatic rings. The van der Waals surface area contributed by atoms with E-state index in [2.05, 4.69) is 10.4 Å². The summed E-state index contributed by atoms with van der Waals surface area (Å²) in [7, 11) is 1.83. The first-order valence-electron chi connectivity index (χ1n) is 7.56. The molecule has 0 spiro atoms. The van der Waals surface area contributed by atoms with Crippen LogP contribution in [0.3, 0.4) is 0 Å². The second kappa shape index (κ2) is 9.52. The molecule has 6 nitrogen and oxygen atoms in total. The standard InChI is InChI=1S/C15H27N3O3/c1-5-20-15(19)13-10-17-18(4)14(13)11-16-8-6-7-9-21-12(2)3/h10,12,16H,5-9,11H2,1-4H3. The molecule has 0 radical (unpaired) electrons. The van der Waals surface area contributed by atoms with Crippen LogP contribution in [-0.4, -0.2) is 41.6 Å². The van der Waals surface area contributed by atoms with E-state index >= 15 is 0 Å². The van der Waals surface area contributed by atoms with E-state index in [-0.39, 0.29) is 5.97 Å². The molecule has 120 valence electrons. The molecule has 0 aliphatic heterocycles. The Kier molecular flexibility index (Phi) is 8.00. The molecule has 0 atom stereocenters. The van der Waals surface area contributed by atoms with Crippen LogP contribution < -0.4 is 5.32 Å². The van der Waals surface area contributed by atoms with Gasteiger partial charge in [0.2, 0.25) is 0 Å². The van der Waals surface area contributed by atoms with Gasteiger partial charge in [-0.15, -0.1) is 0 Å². The molecule has 1 aromatic heterocycles. The number of carbonyl (C=O) groups is 1. The molecule has 6 heteroatoms. The van der Waals surface area contributed by atoms with Crippen molar-refractivity contribution in [3.8, 4) is 0 Å². The van der Waals surface area contributed by atoms with Crippen LogP contribution in [0.25, 0.3) is 0 Å². The summed E-state index contributed by atoms with van der Waals surface area (Å²) in [4.78, 5) is 11.8. The number of nitrogens with one attached hydrogen (secondary N) is 1. The van der Waals surface area contributed by atoms with Gasteiger partial charge in [0.15, 0.2) is 0 Å². The van der Waals surface area contributed by atoms with Gasteiger partial charge in [0, 0.05) is 20.2 Å². The number of esters is 1. The van der Waals surface area contributed by atoms with Gasteiger partial charge in [-0.25, -0.2) is 4.79 Å². The third-order valence-electron chi connectivity index (χ3n) is 3.05. The van der Waals surface area contributed by atoms with Gasteiger partial charge in [0.1, 0.15) is 5.56 Å². The Morgan fingerprint density at radius 2 is 2.19 bits per heavy atom. The van der Waals surface area contributed by atoms with E-state index in [0.717, 1.165) is 31.7 Å². The first-order chi connectivity index (χ1) is 10.1. The molecule has 0 amide bonds. The van der Waals surface area contributed by atoms with E-state index in [1.807, 2.05) is 20.9 Å². The van der Waals surface area contributed by atoms with Gasteiger partial charge in [-0.05, 0) is 40.2 Å². The normalized spacial score (nSPS) is 11.1. The number of aromatic nitrogens is 2. The molecule has 1 rings (SSSR count). The molecule has 0 aliphatic carbocycles. The van der Waals surface area contributed by atoms with E-state index in [4.69, 9.17) is 9.47 Å². The fourth-order valence-electron chi connectivity index (χ4n) is 1.93. The van der Waals surface area contributed by atoms with E-state index in [0.29, 0.717) is 24.8 Å². The number of unbranched alkanes of at least 4 members (excludes halogenated alkanes) is 1. The number of ether oxygens (including phenoxy) is 2. The smallest absolute Gasteiger partial charge is 0.341 e. The van der Waals surface area contributed by atoms with Gasteiger partial charge in [0.25, 0.3) is 0 Å². The SMILES string of the molecule is CCOC(=O)c1cnn(C)c1CNCCCCOC(C)C. The molecule has 0 aromatic carbocycles. The lowest BCUT2D eigenvalue weighted by atomic mass is 10.2. The Labute approximate surface area is 126 Å². The topological polar surface area (TPSA) is 65.4 Å². The Morgan fingerprint density at radius 1 is 1.43 bits per heavy atom. The molecule has 0 unspecified atom stereocenters. The molecular weight excluding hydrogens is 270 g/mol. The molecule has 21 heavy (non-hydrogen) atoms. The third-order valence-corrected chi connectivity index (χ3v) is 3.05. The average molecular weight is 297 g/mol. The number of aryl methyl sites for hydroxylation is 1. The number of rotatable bonds is 10. The summed E-state index contributed by atoms with van der Waals surface area (Å²) >= 11 is 0. The molecular formula is C15H27N3O3. The second-order valence-electron chi connectivity index (χ2n) is 5.15. The highest BCUT2D eigenvalue weighted by Crippen LogP contribution is 2.09. The van der Waals surface area contributed by atoms with Crippen LogP contribution in [0, 0.1) is 0 Å². The number of hydrogen-bond donors (Lipinski definition) is 1. The van der Waals surface area contributed by atoms with Crippen LogP contribution in [0.5, 0.6) is 0 Å². The van der Waals surface area contributed by atoms with Crippen molar-refractivity contribution < 1.29 is 14.3 Å². The van der Waals surface area contributed by atoms with E-state index in [1.165, 1.54) is 0 Å². The summed E-state index contributed by atoms with van der Waals surface area (Å²) in [6.07, 6.45) is 3.92. The van der Waals surface area contributed by atoms with Crippen molar-refractivity contribution in [2.24, 2.45) is 7.05 Å². The summed E-state index contributed by atoms with van der Waals surface area (Å²) < 4.78 is 12.2. The van der Waals surface area contributed by atoms with E-state index < -0.39 is 0 Å². The van der Waals surface area contributed by atoms with Crippen LogP contribution in [0.1, 0.15) is 49.7 Å². The fraction of sp³-hybridized carbons (Fsp3) is 0.733. The van der Waals surface area contributed by atoms with E-state index in [1.54, 1.807) is 17.8 Å². The maximum atomic E-state index is 11.8. The van der Waals surface area contributed by atoms with Crippen molar-refractivity contribution >= 4 is 5.97 Å². The molecule has 0 bridgehead atoms. The molecule has 0 saturated carbocycles. The lowest BCUT2D eigenvalue weighted by molar-refractivity contribution is 0.0524. The number of hydrogen-bond acceptors (Lipinski definition) is 5. The van der Waals surface area contributed by atoms with Gasteiger partial charge >= 0.3 is 5.97 Å². The Morgan fingerprint density at radius 3 is 2.86 bits per heavy atom. The highest BCUT2D eigenvalue weighted by Gasteiger charge is 2.16. The highest BCUT2D eigenvalue weighted by molar-refractivity contribution is 5.90. The van der Waals surface area contributed by atoms with Crippen LogP contribution in [0.15, 0.2) is 6.20 Å². The number of carbonyl (C=O) groups excluding carboxylic acids is 1. The molecule has 0 fully saturated rings. The van der Waals surface area contributed by atoms with Crippen LogP contribution in [0.4, 0.5) is 0 Å². The molecule has 0 saturated heterocycles. The highest BCUT2D eigenvalue weighted by atomic mass is 16.5. The summed E-state index contributed by atoms with van der Waals surface area (Å²) in [5, 5.41) is 7.45.